The van der Waals surface area contributed by atoms with Crippen LogP contribution in [-0.4, -0.2) is 21.3 Å². The van der Waals surface area contributed by atoms with Gasteiger partial charge in [0.05, 0.1) is 28.6 Å². The van der Waals surface area contributed by atoms with Crippen LogP contribution in [0.1, 0.15) is 30.4 Å². The molecule has 19 heavy (non-hydrogen) atoms. The smallest absolute Gasteiger partial charge is 0.0844 e. The molecular weight excluding hydrogens is 260 g/mol. The van der Waals surface area contributed by atoms with Crippen molar-refractivity contribution >= 4 is 17.3 Å². The lowest BCUT2D eigenvalue weighted by molar-refractivity contribution is 0.647. The Hall–Kier alpha value is -1.55. The highest BCUT2D eigenvalue weighted by Crippen LogP contribution is 2.20. The van der Waals surface area contributed by atoms with E-state index in [4.69, 9.17) is 11.6 Å². The molecule has 2 heterocycles. The van der Waals surface area contributed by atoms with Crippen molar-refractivity contribution in [2.45, 2.75) is 33.7 Å². The number of nitrogens with one attached hydrogen (secondary N) is 1. The number of hydrogen-bond donors (Lipinski definition) is 1. The highest BCUT2D eigenvalue weighted by atomic mass is 35.5. The lowest BCUT2D eigenvalue weighted by Crippen LogP contribution is -2.07. The van der Waals surface area contributed by atoms with Crippen molar-refractivity contribution in [3.63, 3.8) is 0 Å². The SMILES string of the molecule is CCCNc1ccnc(Cn2nc(C)c(Cl)c2C)c1. The molecule has 0 saturated heterocycles. The van der Waals surface area contributed by atoms with Crippen molar-refractivity contribution in [2.75, 3.05) is 11.9 Å². The maximum absolute atomic E-state index is 6.15. The topological polar surface area (TPSA) is 42.7 Å². The Labute approximate surface area is 118 Å². The van der Waals surface area contributed by atoms with Crippen LogP contribution in [0.15, 0.2) is 18.3 Å². The fourth-order valence-corrected chi connectivity index (χ4v) is 2.06. The number of hydrogen-bond acceptors (Lipinski definition) is 3. The van der Waals surface area contributed by atoms with E-state index in [1.54, 1.807) is 0 Å². The molecule has 2 aromatic rings. The molecule has 0 unspecified atom stereocenters. The van der Waals surface area contributed by atoms with Gasteiger partial charge in [0.25, 0.3) is 0 Å². The summed E-state index contributed by atoms with van der Waals surface area (Å²) in [5.41, 5.74) is 3.91. The quantitative estimate of drug-likeness (QED) is 0.911. The Morgan fingerprint density at radius 3 is 2.79 bits per heavy atom. The number of pyridine rings is 1. The molecule has 0 saturated carbocycles. The summed E-state index contributed by atoms with van der Waals surface area (Å²) >= 11 is 6.15. The fraction of sp³-hybridized carbons (Fsp3) is 0.429. The van der Waals surface area contributed by atoms with E-state index in [9.17, 15) is 0 Å². The van der Waals surface area contributed by atoms with Gasteiger partial charge in [0.2, 0.25) is 0 Å². The van der Waals surface area contributed by atoms with Crippen molar-refractivity contribution < 1.29 is 0 Å². The van der Waals surface area contributed by atoms with Crippen LogP contribution in [-0.2, 0) is 6.54 Å². The maximum Gasteiger partial charge on any atom is 0.0844 e. The monoisotopic (exact) mass is 278 g/mol. The first-order valence-corrected chi connectivity index (χ1v) is 6.88. The number of aromatic nitrogens is 3. The van der Waals surface area contributed by atoms with Gasteiger partial charge in [0, 0.05) is 18.4 Å². The molecule has 102 valence electrons. The van der Waals surface area contributed by atoms with E-state index >= 15 is 0 Å². The summed E-state index contributed by atoms with van der Waals surface area (Å²) in [6.07, 6.45) is 2.92. The summed E-state index contributed by atoms with van der Waals surface area (Å²) in [6.45, 7) is 7.64. The van der Waals surface area contributed by atoms with E-state index in [2.05, 4.69) is 28.4 Å². The summed E-state index contributed by atoms with van der Waals surface area (Å²) in [7, 11) is 0. The molecule has 2 aromatic heterocycles. The fourth-order valence-electron chi connectivity index (χ4n) is 1.93. The largest absolute Gasteiger partial charge is 0.385 e. The maximum atomic E-state index is 6.15. The first-order valence-electron chi connectivity index (χ1n) is 6.50. The van der Waals surface area contributed by atoms with E-state index in [1.165, 1.54) is 0 Å². The number of rotatable bonds is 5. The van der Waals surface area contributed by atoms with Gasteiger partial charge in [-0.25, -0.2) is 0 Å². The molecule has 0 aromatic carbocycles. The van der Waals surface area contributed by atoms with Crippen LogP contribution in [0.3, 0.4) is 0 Å². The Kier molecular flexibility index (Phi) is 4.43. The average molecular weight is 279 g/mol. The zero-order valence-corrected chi connectivity index (χ0v) is 12.3. The Morgan fingerprint density at radius 1 is 1.37 bits per heavy atom. The molecule has 5 heteroatoms. The van der Waals surface area contributed by atoms with E-state index < -0.39 is 0 Å². The Balaban J connectivity index is 2.16. The molecule has 0 aliphatic heterocycles. The highest BCUT2D eigenvalue weighted by molar-refractivity contribution is 6.31. The summed E-state index contributed by atoms with van der Waals surface area (Å²) in [6, 6.07) is 4.04. The van der Waals surface area contributed by atoms with Gasteiger partial charge in [-0.2, -0.15) is 5.10 Å². The molecule has 0 bridgehead atoms. The van der Waals surface area contributed by atoms with Gasteiger partial charge in [-0.3, -0.25) is 9.67 Å². The minimum absolute atomic E-state index is 0.640. The zero-order valence-electron chi connectivity index (χ0n) is 11.6. The Morgan fingerprint density at radius 2 is 2.16 bits per heavy atom. The number of halogens is 1. The van der Waals surface area contributed by atoms with Crippen LogP contribution in [0.2, 0.25) is 5.02 Å². The van der Waals surface area contributed by atoms with Gasteiger partial charge in [0.15, 0.2) is 0 Å². The third-order valence-corrected chi connectivity index (χ3v) is 3.55. The second-order valence-corrected chi connectivity index (χ2v) is 4.98. The number of anilines is 1. The van der Waals surface area contributed by atoms with Gasteiger partial charge in [-0.05, 0) is 32.4 Å². The zero-order chi connectivity index (χ0) is 13.8. The lowest BCUT2D eigenvalue weighted by Gasteiger charge is -2.08. The summed E-state index contributed by atoms with van der Waals surface area (Å²) in [5, 5.41) is 8.51. The van der Waals surface area contributed by atoms with Crippen molar-refractivity contribution in [2.24, 2.45) is 0 Å². The van der Waals surface area contributed by atoms with Gasteiger partial charge in [0.1, 0.15) is 0 Å². The molecule has 0 fully saturated rings. The van der Waals surface area contributed by atoms with Crippen LogP contribution in [0.5, 0.6) is 0 Å². The van der Waals surface area contributed by atoms with Gasteiger partial charge >= 0.3 is 0 Å². The molecule has 0 aliphatic carbocycles. The predicted molar refractivity (Wildman–Crippen MR) is 78.8 cm³/mol. The minimum Gasteiger partial charge on any atom is -0.385 e. The van der Waals surface area contributed by atoms with Gasteiger partial charge in [-0.15, -0.1) is 0 Å². The molecule has 0 radical (unpaired) electrons. The van der Waals surface area contributed by atoms with E-state index in [0.29, 0.717) is 6.54 Å². The number of nitrogens with zero attached hydrogens (tertiary/aromatic N) is 3. The molecule has 0 aliphatic rings. The summed E-state index contributed by atoms with van der Waals surface area (Å²) in [4.78, 5) is 4.38. The summed E-state index contributed by atoms with van der Waals surface area (Å²) < 4.78 is 1.89. The second kappa shape index (κ2) is 6.06. The van der Waals surface area contributed by atoms with Crippen molar-refractivity contribution in [1.82, 2.24) is 14.8 Å². The van der Waals surface area contributed by atoms with E-state index in [1.807, 2.05) is 30.8 Å². The molecule has 0 amide bonds. The van der Waals surface area contributed by atoms with Gasteiger partial charge < -0.3 is 5.32 Å². The standard InChI is InChI=1S/C14H19ClN4/c1-4-6-16-12-5-7-17-13(8-12)9-19-11(3)14(15)10(2)18-19/h5,7-8H,4,6,9H2,1-3H3,(H,16,17). The van der Waals surface area contributed by atoms with Crippen LogP contribution < -0.4 is 5.32 Å². The molecule has 4 nitrogen and oxygen atoms in total. The van der Waals surface area contributed by atoms with Crippen molar-refractivity contribution in [3.05, 3.63) is 40.4 Å². The molecule has 2 rings (SSSR count). The average Bonchev–Trinajstić information content (AvgIpc) is 2.64. The lowest BCUT2D eigenvalue weighted by atomic mass is 10.3. The molecule has 0 atom stereocenters. The second-order valence-electron chi connectivity index (χ2n) is 4.61. The number of aryl methyl sites for hydroxylation is 1. The van der Waals surface area contributed by atoms with Crippen LogP contribution in [0.25, 0.3) is 0 Å². The summed E-state index contributed by atoms with van der Waals surface area (Å²) in [5.74, 6) is 0. The minimum atomic E-state index is 0.640. The van der Waals surface area contributed by atoms with Crippen LogP contribution in [0.4, 0.5) is 5.69 Å². The Bertz CT molecular complexity index is 563. The molecular formula is C14H19ClN4. The van der Waals surface area contributed by atoms with E-state index in [0.717, 1.165) is 40.8 Å². The van der Waals surface area contributed by atoms with E-state index in [-0.39, 0.29) is 0 Å². The normalized spacial score (nSPS) is 10.7. The molecule has 1 N–H and O–H groups in total. The third-order valence-electron chi connectivity index (χ3n) is 3.00. The first-order chi connectivity index (χ1) is 9.11. The third kappa shape index (κ3) is 3.26. The van der Waals surface area contributed by atoms with Crippen LogP contribution in [0, 0.1) is 13.8 Å². The first kappa shape index (κ1) is 13.9. The molecule has 0 spiro atoms. The highest BCUT2D eigenvalue weighted by Gasteiger charge is 2.09. The van der Waals surface area contributed by atoms with Crippen molar-refractivity contribution in [3.8, 4) is 0 Å². The van der Waals surface area contributed by atoms with Crippen molar-refractivity contribution in [1.29, 1.82) is 0 Å². The van der Waals surface area contributed by atoms with Crippen LogP contribution >= 0.6 is 11.6 Å². The van der Waals surface area contributed by atoms with Gasteiger partial charge in [-0.1, -0.05) is 18.5 Å². The predicted octanol–water partition coefficient (Wildman–Crippen LogP) is 3.42.